The number of unbranched alkanes of at least 4 members (excludes halogenated alkanes) is 4. The van der Waals surface area contributed by atoms with Gasteiger partial charge in [0.25, 0.3) is 5.91 Å². The predicted octanol–water partition coefficient (Wildman–Crippen LogP) is 7.42. The molecule has 3 saturated heterocycles. The van der Waals surface area contributed by atoms with E-state index in [1.807, 2.05) is 34.0 Å². The fourth-order valence-electron chi connectivity index (χ4n) is 9.23. The summed E-state index contributed by atoms with van der Waals surface area (Å²) in [6.07, 6.45) is 12.9. The molecule has 8 rings (SSSR count). The summed E-state index contributed by atoms with van der Waals surface area (Å²) in [7, 11) is 0. The van der Waals surface area contributed by atoms with Crippen molar-refractivity contribution in [3.63, 3.8) is 0 Å². The van der Waals surface area contributed by atoms with Crippen molar-refractivity contribution in [2.75, 3.05) is 50.3 Å². The average molecular weight is 903 g/mol. The Morgan fingerprint density at radius 3 is 2.59 bits per heavy atom. The first-order valence-electron chi connectivity index (χ1n) is 22.0. The van der Waals surface area contributed by atoms with Crippen LogP contribution >= 0.6 is 23.2 Å². The van der Waals surface area contributed by atoms with E-state index in [2.05, 4.69) is 25.6 Å². The molecule has 4 N–H and O–H groups in total. The van der Waals surface area contributed by atoms with Gasteiger partial charge in [0, 0.05) is 109 Å². The molecule has 2 atom stereocenters. The third kappa shape index (κ3) is 10.1. The molecule has 0 radical (unpaired) electrons. The largest absolute Gasteiger partial charge is 0.482 e. The quantitative estimate of drug-likeness (QED) is 0.0551. The Balaban J connectivity index is 0.689. The smallest absolute Gasteiger partial charge is 0.255 e. The Kier molecular flexibility index (Phi) is 13.8. The number of pyridine rings is 1. The maximum absolute atomic E-state index is 14.2. The number of carbonyl (C=O) groups excluding carboxylic acids is 4. The van der Waals surface area contributed by atoms with Gasteiger partial charge in [0.1, 0.15) is 18.0 Å². The molecule has 2 aromatic carbocycles. The van der Waals surface area contributed by atoms with Gasteiger partial charge in [-0.05, 0) is 75.9 Å². The molecule has 0 bridgehead atoms. The number of likely N-dealkylation sites (tertiary alicyclic amines) is 2. The van der Waals surface area contributed by atoms with E-state index in [1.165, 1.54) is 12.1 Å². The number of imide groups is 1. The number of rotatable bonds is 17. The number of ether oxygens (including phenoxy) is 1. The number of hydrogen-bond donors (Lipinski definition) is 3. The van der Waals surface area contributed by atoms with Crippen LogP contribution in [0.2, 0.25) is 10.0 Å². The Morgan fingerprint density at radius 1 is 1.02 bits per heavy atom. The molecule has 3 fully saturated rings. The van der Waals surface area contributed by atoms with Crippen molar-refractivity contribution in [2.45, 2.75) is 95.9 Å². The number of carbonyl (C=O) groups is 4. The van der Waals surface area contributed by atoms with Gasteiger partial charge in [-0.15, -0.1) is 0 Å². The summed E-state index contributed by atoms with van der Waals surface area (Å²) in [6.45, 7) is 7.46. The number of fused-ring (bicyclic) bond motifs is 1. The number of nitrogens with zero attached hydrogens (tertiary/aromatic N) is 6. The van der Waals surface area contributed by atoms with Crippen molar-refractivity contribution >= 4 is 58.3 Å². The minimum Gasteiger partial charge on any atom is -0.482 e. The normalized spacial score (nSPS) is 18.9. The molecule has 0 aliphatic carbocycles. The molecule has 4 aliphatic rings. The lowest BCUT2D eigenvalue weighted by Crippen LogP contribution is -2.52. The summed E-state index contributed by atoms with van der Waals surface area (Å²) in [5.74, 6) is -0.166. The summed E-state index contributed by atoms with van der Waals surface area (Å²) in [5, 5.41) is 10.8. The van der Waals surface area contributed by atoms with E-state index in [9.17, 15) is 23.6 Å². The van der Waals surface area contributed by atoms with Crippen LogP contribution in [0.3, 0.4) is 0 Å². The first kappa shape index (κ1) is 44.4. The monoisotopic (exact) mass is 901 g/mol. The summed E-state index contributed by atoms with van der Waals surface area (Å²) >= 11 is 12.5. The molecule has 2 unspecified atom stereocenters. The van der Waals surface area contributed by atoms with Gasteiger partial charge in [-0.25, -0.2) is 9.37 Å². The maximum Gasteiger partial charge on any atom is 0.255 e. The first-order chi connectivity index (χ1) is 30.4. The molecule has 63 heavy (non-hydrogen) atoms. The van der Waals surface area contributed by atoms with Crippen LogP contribution in [-0.4, -0.2) is 98.4 Å². The molecular formula is C46H54Cl2FN9O5. The Labute approximate surface area is 376 Å². The second-order valence-corrected chi connectivity index (χ2v) is 18.0. The highest BCUT2D eigenvalue weighted by atomic mass is 35.5. The van der Waals surface area contributed by atoms with Gasteiger partial charge in [-0.3, -0.25) is 29.2 Å². The van der Waals surface area contributed by atoms with Crippen molar-refractivity contribution in [1.29, 1.82) is 0 Å². The SMILES string of the molecule is CC(Oc1cc(-c2cnn(C3CCN(C(=O)CCCCCCCN4CC(CNc5cccc6c5CN(C5CCC(=O)NC5=O)C6=O)C4)CC3)c2)cnc1N)c1c(Cl)ccc(F)c1Cl. The van der Waals surface area contributed by atoms with Crippen LogP contribution in [0.15, 0.2) is 55.0 Å². The van der Waals surface area contributed by atoms with E-state index in [0.29, 0.717) is 55.3 Å². The zero-order valence-electron chi connectivity index (χ0n) is 35.5. The number of aromatic nitrogens is 3. The van der Waals surface area contributed by atoms with Crippen LogP contribution in [0.1, 0.15) is 105 Å². The summed E-state index contributed by atoms with van der Waals surface area (Å²) in [5.41, 5.74) is 10.6. The Bertz CT molecular complexity index is 2350. The van der Waals surface area contributed by atoms with E-state index >= 15 is 0 Å². The van der Waals surface area contributed by atoms with Gasteiger partial charge in [0.05, 0.1) is 17.3 Å². The van der Waals surface area contributed by atoms with Crippen LogP contribution < -0.4 is 21.1 Å². The van der Waals surface area contributed by atoms with E-state index in [-0.39, 0.29) is 46.0 Å². The number of nitrogen functional groups attached to an aromatic ring is 1. The number of benzene rings is 2. The fourth-order valence-corrected chi connectivity index (χ4v) is 9.91. The van der Waals surface area contributed by atoms with Gasteiger partial charge >= 0.3 is 0 Å². The van der Waals surface area contributed by atoms with Crippen molar-refractivity contribution < 1.29 is 28.3 Å². The number of nitrogens with one attached hydrogen (secondary N) is 2. The third-order valence-corrected chi connectivity index (χ3v) is 13.6. The van der Waals surface area contributed by atoms with E-state index in [0.717, 1.165) is 93.5 Å². The molecule has 6 heterocycles. The van der Waals surface area contributed by atoms with Gasteiger partial charge in [-0.2, -0.15) is 5.10 Å². The van der Waals surface area contributed by atoms with Crippen LogP contribution in [-0.2, 0) is 20.9 Å². The second-order valence-electron chi connectivity index (χ2n) is 17.2. The molecule has 4 aliphatic heterocycles. The van der Waals surface area contributed by atoms with Gasteiger partial charge in [-0.1, -0.05) is 48.5 Å². The minimum atomic E-state index is -0.687. The van der Waals surface area contributed by atoms with Crippen molar-refractivity contribution in [3.8, 4) is 16.9 Å². The first-order valence-corrected chi connectivity index (χ1v) is 22.8. The molecular weight excluding hydrogens is 848 g/mol. The third-order valence-electron chi connectivity index (χ3n) is 12.9. The van der Waals surface area contributed by atoms with Crippen LogP contribution in [0.5, 0.6) is 5.75 Å². The number of anilines is 2. The zero-order chi connectivity index (χ0) is 44.2. The summed E-state index contributed by atoms with van der Waals surface area (Å²) in [6, 6.07) is 9.67. The van der Waals surface area contributed by atoms with Crippen molar-refractivity contribution in [3.05, 3.63) is 87.5 Å². The van der Waals surface area contributed by atoms with Crippen LogP contribution in [0.25, 0.3) is 11.1 Å². The highest BCUT2D eigenvalue weighted by Gasteiger charge is 2.40. The van der Waals surface area contributed by atoms with E-state index in [1.54, 1.807) is 30.3 Å². The second kappa shape index (κ2) is 19.6. The summed E-state index contributed by atoms with van der Waals surface area (Å²) in [4.78, 5) is 60.7. The van der Waals surface area contributed by atoms with Crippen LogP contribution in [0, 0.1) is 11.7 Å². The van der Waals surface area contributed by atoms with Crippen molar-refractivity contribution in [2.24, 2.45) is 5.92 Å². The molecule has 0 spiro atoms. The number of piperidine rings is 2. The number of amides is 4. The molecule has 334 valence electrons. The van der Waals surface area contributed by atoms with Gasteiger partial charge in [0.2, 0.25) is 17.7 Å². The number of halogens is 3. The molecule has 4 aromatic rings. The lowest BCUT2D eigenvalue weighted by Gasteiger charge is -2.39. The van der Waals surface area contributed by atoms with Crippen molar-refractivity contribution in [1.82, 2.24) is 34.8 Å². The zero-order valence-corrected chi connectivity index (χ0v) is 37.0. The summed E-state index contributed by atoms with van der Waals surface area (Å²) < 4.78 is 22.2. The Hall–Kier alpha value is -5.25. The highest BCUT2D eigenvalue weighted by molar-refractivity contribution is 6.36. The molecule has 4 amide bonds. The number of nitrogens with two attached hydrogens (primary N) is 1. The predicted molar refractivity (Wildman–Crippen MR) is 239 cm³/mol. The van der Waals surface area contributed by atoms with E-state index in [4.69, 9.17) is 33.7 Å². The molecule has 14 nitrogen and oxygen atoms in total. The van der Waals surface area contributed by atoms with E-state index < -0.39 is 23.9 Å². The fraction of sp³-hybridized carbons (Fsp3) is 0.478. The standard InChI is InChI=1S/C46H54Cl2FN9O5/c1-28(42-35(47)11-12-36(49)43(42)48)63-39-20-30(22-52-44(39)50)31-23-53-58(26-31)32-15-18-56(19-16-32)41(60)10-5-3-2-4-6-17-55-24-29(25-55)21-51-37-9-7-8-33-34(37)27-57(46(33)62)38-13-14-40(59)54-45(38)61/h7-9,11-12,20,22-23,26,28-29,32,38,51H,2-6,10,13-19,21,24-25,27H2,1H3,(H2,50,52)(H,54,59,61). The Morgan fingerprint density at radius 2 is 1.79 bits per heavy atom. The minimum absolute atomic E-state index is 0.0992. The molecule has 2 aromatic heterocycles. The lowest BCUT2D eigenvalue weighted by atomic mass is 9.98. The molecule has 0 saturated carbocycles. The lowest BCUT2D eigenvalue weighted by molar-refractivity contribution is -0.137. The van der Waals surface area contributed by atoms with Gasteiger partial charge in [0.15, 0.2) is 11.6 Å². The maximum atomic E-state index is 14.2. The molecule has 17 heteroatoms. The average Bonchev–Trinajstić information content (AvgIpc) is 3.88. The number of hydrogen-bond acceptors (Lipinski definition) is 10. The van der Waals surface area contributed by atoms with Gasteiger partial charge < -0.3 is 30.5 Å². The highest BCUT2D eigenvalue weighted by Crippen LogP contribution is 2.38. The van der Waals surface area contributed by atoms with Crippen LogP contribution in [0.4, 0.5) is 15.9 Å². The topological polar surface area (TPSA) is 168 Å².